The van der Waals surface area contributed by atoms with Crippen LogP contribution in [0.1, 0.15) is 33.9 Å². The topological polar surface area (TPSA) is 136 Å². The Hall–Kier alpha value is -3.55. The molecule has 0 radical (unpaired) electrons. The van der Waals surface area contributed by atoms with E-state index in [1.54, 1.807) is 18.2 Å². The van der Waals surface area contributed by atoms with Crippen LogP contribution in [0.15, 0.2) is 41.4 Å². The highest BCUT2D eigenvalue weighted by atomic mass is 16.1. The minimum Gasteiger partial charge on any atom is -0.369 e. The molecule has 5 N–H and O–H groups in total. The number of aliphatic imine (C=N–C) groups is 1. The second kappa shape index (κ2) is 7.05. The molecule has 0 spiro atoms. The smallest absolute Gasteiger partial charge is 0.248 e. The monoisotopic (exact) mass is 402 g/mol. The zero-order valence-electron chi connectivity index (χ0n) is 16.3. The molecule has 0 saturated heterocycles. The second-order valence-corrected chi connectivity index (χ2v) is 8.09. The van der Waals surface area contributed by atoms with Crippen molar-refractivity contribution >= 4 is 29.5 Å². The maximum Gasteiger partial charge on any atom is 0.248 e. The van der Waals surface area contributed by atoms with E-state index < -0.39 is 5.91 Å². The van der Waals surface area contributed by atoms with Crippen LogP contribution in [0.5, 0.6) is 0 Å². The van der Waals surface area contributed by atoms with Crippen molar-refractivity contribution in [1.82, 2.24) is 9.97 Å². The van der Waals surface area contributed by atoms with Gasteiger partial charge in [-0.1, -0.05) is 24.3 Å². The van der Waals surface area contributed by atoms with Gasteiger partial charge in [0.15, 0.2) is 5.82 Å². The maximum atomic E-state index is 12.1. The number of anilines is 1. The van der Waals surface area contributed by atoms with Crippen LogP contribution >= 0.6 is 0 Å². The fourth-order valence-electron chi connectivity index (χ4n) is 4.82. The average Bonchev–Trinajstić information content (AvgIpc) is 3.44. The Morgan fingerprint density at radius 3 is 2.77 bits per heavy atom. The molecule has 152 valence electrons. The molecule has 1 saturated carbocycles. The lowest BCUT2D eigenvalue weighted by Gasteiger charge is -2.27. The molecule has 2 heterocycles. The Kier molecular flexibility index (Phi) is 4.34. The highest BCUT2D eigenvalue weighted by Crippen LogP contribution is 2.45. The second-order valence-electron chi connectivity index (χ2n) is 8.09. The van der Waals surface area contributed by atoms with Crippen molar-refractivity contribution in [2.45, 2.75) is 25.3 Å². The number of nitrogens with zero attached hydrogens (tertiary/aromatic N) is 3. The molecule has 30 heavy (non-hydrogen) atoms. The van der Waals surface area contributed by atoms with Crippen molar-refractivity contribution < 1.29 is 9.59 Å². The van der Waals surface area contributed by atoms with Gasteiger partial charge in [0, 0.05) is 30.7 Å². The van der Waals surface area contributed by atoms with Crippen LogP contribution in [0.2, 0.25) is 0 Å². The maximum absolute atomic E-state index is 12.1. The number of primary amides is 2. The first-order chi connectivity index (χ1) is 14.5. The summed E-state index contributed by atoms with van der Waals surface area (Å²) in [6.45, 7) is 0. The molecule has 4 atom stereocenters. The van der Waals surface area contributed by atoms with Crippen LogP contribution in [-0.4, -0.2) is 34.0 Å². The number of hydrogen-bond donors (Lipinski definition) is 3. The fraction of sp³-hybridized carbons (Fsp3) is 0.318. The first-order valence-corrected chi connectivity index (χ1v) is 10.0. The van der Waals surface area contributed by atoms with Gasteiger partial charge in [0.25, 0.3) is 0 Å². The zero-order chi connectivity index (χ0) is 20.8. The van der Waals surface area contributed by atoms with Crippen molar-refractivity contribution in [3.8, 4) is 0 Å². The predicted molar refractivity (Wildman–Crippen MR) is 112 cm³/mol. The van der Waals surface area contributed by atoms with E-state index in [0.717, 1.165) is 23.4 Å². The number of carbonyl (C=O) groups is 2. The predicted octanol–water partition coefficient (Wildman–Crippen LogP) is 1.51. The van der Waals surface area contributed by atoms with E-state index in [-0.39, 0.29) is 29.7 Å². The molecule has 2 bridgehead atoms. The van der Waals surface area contributed by atoms with Crippen molar-refractivity contribution in [2.75, 3.05) is 5.32 Å². The molecule has 3 aliphatic rings. The summed E-state index contributed by atoms with van der Waals surface area (Å²) in [7, 11) is 0. The van der Waals surface area contributed by atoms with Crippen LogP contribution in [-0.2, 0) is 17.6 Å². The van der Waals surface area contributed by atoms with Gasteiger partial charge in [0.05, 0.1) is 11.6 Å². The van der Waals surface area contributed by atoms with Gasteiger partial charge in [-0.2, -0.15) is 0 Å². The lowest BCUT2D eigenvalue weighted by Crippen LogP contribution is -2.41. The molecule has 2 aliphatic carbocycles. The number of allylic oxidation sites excluding steroid dienone is 1. The third-order valence-corrected chi connectivity index (χ3v) is 6.17. The normalized spacial score (nSPS) is 25.5. The third kappa shape index (κ3) is 3.14. The molecular weight excluding hydrogens is 380 g/mol. The molecule has 2 amide bonds. The Bertz CT molecular complexity index is 1110. The van der Waals surface area contributed by atoms with Crippen molar-refractivity contribution in [1.29, 1.82) is 0 Å². The molecule has 1 aliphatic heterocycles. The lowest BCUT2D eigenvalue weighted by molar-refractivity contribution is -0.122. The summed E-state index contributed by atoms with van der Waals surface area (Å²) in [5, 5.41) is 3.47. The Morgan fingerprint density at radius 1 is 1.13 bits per heavy atom. The average molecular weight is 402 g/mol. The number of rotatable bonds is 6. The van der Waals surface area contributed by atoms with Crippen molar-refractivity contribution in [3.05, 3.63) is 59.1 Å². The van der Waals surface area contributed by atoms with Gasteiger partial charge in [0.1, 0.15) is 11.5 Å². The quantitative estimate of drug-likeness (QED) is 0.629. The van der Waals surface area contributed by atoms with Gasteiger partial charge in [-0.15, -0.1) is 0 Å². The van der Waals surface area contributed by atoms with Gasteiger partial charge >= 0.3 is 0 Å². The van der Waals surface area contributed by atoms with E-state index >= 15 is 0 Å². The lowest BCUT2D eigenvalue weighted by atomic mass is 9.88. The van der Waals surface area contributed by atoms with Gasteiger partial charge in [0.2, 0.25) is 11.8 Å². The molecule has 8 nitrogen and oxygen atoms in total. The number of fused-ring (bicyclic) bond motifs is 3. The van der Waals surface area contributed by atoms with Crippen LogP contribution < -0.4 is 16.8 Å². The number of benzene rings is 1. The van der Waals surface area contributed by atoms with Crippen LogP contribution in [0, 0.1) is 17.8 Å². The minimum atomic E-state index is -0.468. The van der Waals surface area contributed by atoms with E-state index in [9.17, 15) is 9.59 Å². The van der Waals surface area contributed by atoms with Crippen LogP contribution in [0.25, 0.3) is 0 Å². The number of carbonyl (C=O) groups excluding carboxylic acids is 2. The molecule has 4 unspecified atom stereocenters. The summed E-state index contributed by atoms with van der Waals surface area (Å²) in [4.78, 5) is 37.4. The third-order valence-electron chi connectivity index (χ3n) is 6.17. The van der Waals surface area contributed by atoms with Crippen molar-refractivity contribution in [3.63, 3.8) is 0 Å². The van der Waals surface area contributed by atoms with Gasteiger partial charge in [-0.05, 0) is 36.0 Å². The van der Waals surface area contributed by atoms with Gasteiger partial charge in [-0.3, -0.25) is 14.6 Å². The summed E-state index contributed by atoms with van der Waals surface area (Å²) >= 11 is 0. The molecule has 1 fully saturated rings. The Morgan fingerprint density at radius 2 is 1.97 bits per heavy atom. The Balaban J connectivity index is 1.46. The van der Waals surface area contributed by atoms with E-state index in [0.29, 0.717) is 30.0 Å². The first kappa shape index (κ1) is 18.5. The molecule has 1 aromatic heterocycles. The summed E-state index contributed by atoms with van der Waals surface area (Å²) in [6.07, 6.45) is 8.08. The fourth-order valence-corrected chi connectivity index (χ4v) is 4.82. The van der Waals surface area contributed by atoms with E-state index in [1.807, 2.05) is 12.3 Å². The standard InChI is InChI=1S/C22H22N6O2/c23-20(29)14-3-1-2-11(8-14)9-16-26-15-6-7-25-19(15)22(27-16)28-18-13-5-4-12(10-13)17(18)21(24)30/h1-5,7-8,12-13,17-18H,6,9-10H2,(H2,23,29)(H2,24,30)(H,26,27,28). The van der Waals surface area contributed by atoms with Crippen molar-refractivity contribution in [2.24, 2.45) is 34.2 Å². The SMILES string of the molecule is NC(=O)c1cccc(Cc2nc3c(c(NC4C5C=CC(C5)C4C(N)=O)n2)N=CC3)c1. The zero-order valence-corrected chi connectivity index (χ0v) is 16.3. The van der Waals surface area contributed by atoms with Crippen LogP contribution in [0.4, 0.5) is 11.5 Å². The summed E-state index contributed by atoms with van der Waals surface area (Å²) < 4.78 is 0. The summed E-state index contributed by atoms with van der Waals surface area (Å²) in [5.74, 6) is 0.668. The van der Waals surface area contributed by atoms with E-state index in [1.165, 1.54) is 0 Å². The first-order valence-electron chi connectivity index (χ1n) is 10.0. The molecule has 8 heteroatoms. The van der Waals surface area contributed by atoms with Crippen LogP contribution in [0.3, 0.4) is 0 Å². The minimum absolute atomic E-state index is 0.0988. The summed E-state index contributed by atoms with van der Waals surface area (Å²) in [5.41, 5.74) is 14.0. The Labute approximate surface area is 173 Å². The largest absolute Gasteiger partial charge is 0.369 e. The van der Waals surface area contributed by atoms with E-state index in [4.69, 9.17) is 16.5 Å². The number of amides is 2. The number of nitrogens with one attached hydrogen (secondary N) is 1. The molecule has 5 rings (SSSR count). The van der Waals surface area contributed by atoms with Gasteiger partial charge < -0.3 is 16.8 Å². The number of hydrogen-bond acceptors (Lipinski definition) is 6. The van der Waals surface area contributed by atoms with E-state index in [2.05, 4.69) is 27.4 Å². The molecule has 2 aromatic rings. The summed E-state index contributed by atoms with van der Waals surface area (Å²) in [6, 6.07) is 7.05. The highest BCUT2D eigenvalue weighted by Gasteiger charge is 2.47. The van der Waals surface area contributed by atoms with Gasteiger partial charge in [-0.25, -0.2) is 9.97 Å². The molecule has 1 aromatic carbocycles. The highest BCUT2D eigenvalue weighted by molar-refractivity contribution is 5.92. The number of nitrogens with two attached hydrogens (primary N) is 2. The molecular formula is C22H22N6O2. The number of aromatic nitrogens is 2.